The van der Waals surface area contributed by atoms with Gasteiger partial charge in [-0.3, -0.25) is 0 Å². The lowest BCUT2D eigenvalue weighted by Gasteiger charge is -2.38. The van der Waals surface area contributed by atoms with Crippen LogP contribution in [-0.4, -0.2) is 0 Å². The van der Waals surface area contributed by atoms with Crippen molar-refractivity contribution >= 4 is 62.1 Å². The Morgan fingerprint density at radius 3 is 1.55 bits per heavy atom. The van der Waals surface area contributed by atoms with E-state index >= 15 is 0 Å². The van der Waals surface area contributed by atoms with Gasteiger partial charge in [-0.05, 0) is 130 Å². The van der Waals surface area contributed by atoms with Crippen molar-refractivity contribution in [3.8, 4) is 0 Å². The molecule has 4 aliphatic carbocycles. The number of halogens is 1. The zero-order chi connectivity index (χ0) is 26.8. The predicted octanol–water partition coefficient (Wildman–Crippen LogP) is 12.0. The lowest BCUT2D eigenvalue weighted by atomic mass is 9.66. The molecule has 0 N–H and O–H groups in total. The normalized spacial score (nSPS) is 29.1. The van der Waals surface area contributed by atoms with Crippen molar-refractivity contribution in [3.05, 3.63) is 70.8 Å². The molecule has 4 aromatic carbocycles. The highest BCUT2D eigenvalue weighted by Gasteiger charge is 2.44. The summed E-state index contributed by atoms with van der Waals surface area (Å²) in [6, 6.07) is 18.6. The second-order valence-electron chi connectivity index (χ2n) is 13.9. The van der Waals surface area contributed by atoms with E-state index in [2.05, 4.69) is 62.4 Å². The zero-order valence-electron chi connectivity index (χ0n) is 23.5. The third-order valence-corrected chi connectivity index (χ3v) is 13.1. The Hall–Kier alpha value is -2.41. The molecule has 0 bridgehead atoms. The van der Waals surface area contributed by atoms with Gasteiger partial charge in [0.1, 0.15) is 11.2 Å². The summed E-state index contributed by atoms with van der Waals surface area (Å²) < 4.78 is 12.6. The molecule has 0 unspecified atom stereocenters. The highest BCUT2D eigenvalue weighted by molar-refractivity contribution is 7.68. The molecule has 4 heteroatoms. The molecule has 2 nitrogen and oxygen atoms in total. The molecule has 1 heterocycles. The Morgan fingerprint density at radius 1 is 0.625 bits per heavy atom. The molecule has 0 spiro atoms. The second kappa shape index (κ2) is 8.33. The highest BCUT2D eigenvalue weighted by atomic mass is 35.7. The summed E-state index contributed by atoms with van der Waals surface area (Å²) in [5.41, 5.74) is 8.94. The molecule has 9 rings (SSSR count). The largest absolute Gasteiger partial charge is 0.408 e. The van der Waals surface area contributed by atoms with E-state index in [9.17, 15) is 0 Å². The molecule has 4 atom stereocenters. The molecule has 0 radical (unpaired) electrons. The Bertz CT molecular complexity index is 1800. The first kappa shape index (κ1) is 24.2. The Kier molecular flexibility index (Phi) is 5.04. The minimum absolute atomic E-state index is 0.467. The first-order valence-electron chi connectivity index (χ1n) is 15.4. The van der Waals surface area contributed by atoms with Gasteiger partial charge < -0.3 is 8.39 Å². The van der Waals surface area contributed by atoms with Crippen molar-refractivity contribution in [1.82, 2.24) is 0 Å². The van der Waals surface area contributed by atoms with Gasteiger partial charge in [0, 0.05) is 22.0 Å². The summed E-state index contributed by atoms with van der Waals surface area (Å²) in [5, 5.41) is 7.64. The molecule has 2 fully saturated rings. The van der Waals surface area contributed by atoms with Gasteiger partial charge in [0.05, 0.1) is 0 Å². The third-order valence-electron chi connectivity index (χ3n) is 12.0. The van der Waals surface area contributed by atoms with Crippen LogP contribution < -0.4 is 0 Å². The van der Waals surface area contributed by atoms with Crippen molar-refractivity contribution in [3.63, 3.8) is 0 Å². The predicted molar refractivity (Wildman–Crippen MR) is 169 cm³/mol. The van der Waals surface area contributed by atoms with Crippen molar-refractivity contribution < 1.29 is 8.39 Å². The van der Waals surface area contributed by atoms with E-state index < -0.39 is 7.37 Å². The second-order valence-corrected chi connectivity index (χ2v) is 15.5. The summed E-state index contributed by atoms with van der Waals surface area (Å²) in [6.45, 7) is 5.06. The molecule has 0 aliphatic heterocycles. The van der Waals surface area contributed by atoms with E-state index in [0.29, 0.717) is 22.7 Å². The highest BCUT2D eigenvalue weighted by Crippen LogP contribution is 2.58. The van der Waals surface area contributed by atoms with E-state index in [1.54, 1.807) is 22.3 Å². The molecule has 0 amide bonds. The van der Waals surface area contributed by atoms with E-state index in [1.807, 2.05) is 0 Å². The SMILES string of the molecule is C[C@@]12CCC[C@H]1c1ccc3c(ccc4op(Cl)oc5ccc6c7c(ccc6c5c43)[C@@H]3CCC[C@@]3(C)CC7)c1CC2. The molecule has 5 aromatic rings. The standard InChI is InChI=1S/C36H36ClO2P/c1-35-17-3-5-29(35)25-7-9-27-21(23(25)15-19-35)11-13-31-33(27)34-28-10-8-26-24(16-20-36(2)18-4-6-30(26)36)22(28)12-14-32(34)39-40(37)38-31/h7-14,29-30H,3-6,15-20H2,1-2H3/t29-,30-,35-,36-/m0/s1. The van der Waals surface area contributed by atoms with Crippen LogP contribution in [0.15, 0.2) is 56.9 Å². The molecule has 0 saturated heterocycles. The Labute approximate surface area is 241 Å². The fourth-order valence-corrected chi connectivity index (χ4v) is 11.0. The lowest BCUT2D eigenvalue weighted by molar-refractivity contribution is 0.253. The van der Waals surface area contributed by atoms with Gasteiger partial charge in [-0.2, -0.15) is 0 Å². The first-order chi connectivity index (χ1) is 19.4. The Balaban J connectivity index is 1.38. The smallest absolute Gasteiger partial charge is 0.327 e. The number of aryl methyl sites for hydroxylation is 2. The van der Waals surface area contributed by atoms with E-state index in [4.69, 9.17) is 19.6 Å². The van der Waals surface area contributed by atoms with E-state index in [1.165, 1.54) is 72.9 Å². The lowest BCUT2D eigenvalue weighted by Crippen LogP contribution is -2.26. The van der Waals surface area contributed by atoms with Crippen molar-refractivity contribution in [2.24, 2.45) is 10.8 Å². The van der Waals surface area contributed by atoms with Crippen LogP contribution in [0.2, 0.25) is 0 Å². The molecule has 40 heavy (non-hydrogen) atoms. The third kappa shape index (κ3) is 3.19. The summed E-state index contributed by atoms with van der Waals surface area (Å²) in [5.74, 6) is 1.38. The fraction of sp³-hybridized carbons (Fsp3) is 0.444. The van der Waals surface area contributed by atoms with Gasteiger partial charge in [-0.1, -0.05) is 63.1 Å². The van der Waals surface area contributed by atoms with Gasteiger partial charge >= 0.3 is 7.37 Å². The fourth-order valence-electron chi connectivity index (χ4n) is 9.93. The molecule has 1 aromatic heterocycles. The van der Waals surface area contributed by atoms with Crippen LogP contribution in [0, 0.1) is 10.8 Å². The topological polar surface area (TPSA) is 26.3 Å². The maximum Gasteiger partial charge on any atom is 0.327 e. The number of hydrogen-bond donors (Lipinski definition) is 0. The minimum atomic E-state index is -1.58. The zero-order valence-corrected chi connectivity index (χ0v) is 25.1. The van der Waals surface area contributed by atoms with Gasteiger partial charge in [0.15, 0.2) is 0 Å². The molecule has 4 aliphatic rings. The number of benzene rings is 4. The number of hydrogen-bond acceptors (Lipinski definition) is 2. The molecule has 2 saturated carbocycles. The average molecular weight is 567 g/mol. The summed E-state index contributed by atoms with van der Waals surface area (Å²) in [7, 11) is -1.58. The first-order valence-corrected chi connectivity index (χ1v) is 17.5. The van der Waals surface area contributed by atoms with Gasteiger partial charge in [0.2, 0.25) is 0 Å². The van der Waals surface area contributed by atoms with Crippen LogP contribution >= 0.6 is 18.6 Å². The minimum Gasteiger partial charge on any atom is -0.408 e. The van der Waals surface area contributed by atoms with E-state index in [0.717, 1.165) is 34.8 Å². The van der Waals surface area contributed by atoms with Crippen molar-refractivity contribution in [2.75, 3.05) is 0 Å². The van der Waals surface area contributed by atoms with Crippen LogP contribution in [0.5, 0.6) is 0 Å². The average Bonchev–Trinajstić information content (AvgIpc) is 3.51. The maximum absolute atomic E-state index is 6.68. The number of rotatable bonds is 0. The summed E-state index contributed by atoms with van der Waals surface area (Å²) >= 11 is 6.68. The van der Waals surface area contributed by atoms with Crippen molar-refractivity contribution in [2.45, 2.75) is 89.9 Å². The summed E-state index contributed by atoms with van der Waals surface area (Å²) in [4.78, 5) is 0. The van der Waals surface area contributed by atoms with Crippen LogP contribution in [-0.2, 0) is 12.8 Å². The van der Waals surface area contributed by atoms with Gasteiger partial charge in [0.25, 0.3) is 0 Å². The summed E-state index contributed by atoms with van der Waals surface area (Å²) in [6.07, 6.45) is 13.0. The monoisotopic (exact) mass is 566 g/mol. The number of fused-ring (bicyclic) bond motifs is 15. The van der Waals surface area contributed by atoms with Crippen LogP contribution in [0.4, 0.5) is 0 Å². The van der Waals surface area contributed by atoms with Gasteiger partial charge in [-0.15, -0.1) is 0 Å². The molecule has 204 valence electrons. The molecular formula is C36H36ClO2P. The maximum atomic E-state index is 6.68. The van der Waals surface area contributed by atoms with Gasteiger partial charge in [-0.25, -0.2) is 0 Å². The van der Waals surface area contributed by atoms with Crippen molar-refractivity contribution in [1.29, 1.82) is 0 Å². The van der Waals surface area contributed by atoms with Crippen LogP contribution in [0.25, 0.3) is 43.5 Å². The van der Waals surface area contributed by atoms with E-state index in [-0.39, 0.29) is 0 Å². The van der Waals surface area contributed by atoms with Crippen LogP contribution in [0.3, 0.4) is 0 Å². The molecular weight excluding hydrogens is 531 g/mol. The Morgan fingerprint density at radius 2 is 1.07 bits per heavy atom. The quantitative estimate of drug-likeness (QED) is 0.186. The van der Waals surface area contributed by atoms with Crippen LogP contribution in [0.1, 0.15) is 99.3 Å².